The molecule has 4 nitrogen and oxygen atoms in total. The summed E-state index contributed by atoms with van der Waals surface area (Å²) in [4.78, 5) is 17.0. The van der Waals surface area contributed by atoms with Crippen LogP contribution in [0.25, 0.3) is 0 Å². The molecule has 2 aromatic rings. The van der Waals surface area contributed by atoms with Crippen molar-refractivity contribution in [2.45, 2.75) is 19.8 Å². The number of allylic oxidation sites excluding steroid dienone is 5. The Morgan fingerprint density at radius 3 is 2.79 bits per heavy atom. The van der Waals surface area contributed by atoms with Crippen molar-refractivity contribution in [1.82, 2.24) is 10.2 Å². The Hall–Kier alpha value is -4.19. The Morgan fingerprint density at radius 1 is 1.12 bits per heavy atom. The first-order chi connectivity index (χ1) is 16.2. The number of amides is 1. The number of nitrogens with zero attached hydrogens (tertiary/aromatic N) is 2. The van der Waals surface area contributed by atoms with E-state index in [4.69, 9.17) is 0 Å². The van der Waals surface area contributed by atoms with E-state index in [2.05, 4.69) is 58.0 Å². The summed E-state index contributed by atoms with van der Waals surface area (Å²) in [6.45, 7) is 3.52. The number of carbonyl (C=O) groups is 1. The third kappa shape index (κ3) is 5.95. The maximum absolute atomic E-state index is 12.8. The molecule has 1 amide bonds. The standard InChI is InChI=1S/C29H27N3O/c1-24-11-6-9-22-32(24)28-17-16-27(23-26(28)15-14-25-12-4-2-5-13-25)29(33)30-18-10-21-31-19-7-3-8-20-31/h2-5,7,9,11-13,16-17,19-20,22-23H,6,10,18,21H2,1H3,(H,30,33). The minimum atomic E-state index is -0.0876. The van der Waals surface area contributed by atoms with Gasteiger partial charge in [-0.2, -0.15) is 0 Å². The summed E-state index contributed by atoms with van der Waals surface area (Å²) in [5.74, 6) is 6.44. The highest BCUT2D eigenvalue weighted by molar-refractivity contribution is 5.95. The molecule has 0 aliphatic carbocycles. The number of hydrogen-bond donors (Lipinski definition) is 1. The van der Waals surface area contributed by atoms with Gasteiger partial charge in [-0.1, -0.05) is 42.2 Å². The fourth-order valence-electron chi connectivity index (χ4n) is 3.64. The summed E-state index contributed by atoms with van der Waals surface area (Å²) in [5, 5.41) is 3.03. The van der Waals surface area contributed by atoms with Crippen molar-refractivity contribution in [2.75, 3.05) is 18.0 Å². The number of hydrogen-bond acceptors (Lipinski definition) is 3. The Morgan fingerprint density at radius 2 is 2.00 bits per heavy atom. The van der Waals surface area contributed by atoms with E-state index in [0.29, 0.717) is 12.1 Å². The van der Waals surface area contributed by atoms with Gasteiger partial charge in [0, 0.05) is 54.1 Å². The van der Waals surface area contributed by atoms with Crippen LogP contribution in [-0.4, -0.2) is 23.9 Å². The molecular weight excluding hydrogens is 406 g/mol. The number of nitrogens with one attached hydrogen (secondary N) is 1. The SMILES string of the molecule is CC1=CCC=CN1c1ccc(C(=O)NCCCN2C=C=CC=C2)cc1C#Cc1ccccc1. The fraction of sp³-hybridized carbons (Fsp3) is 0.172. The van der Waals surface area contributed by atoms with Crippen LogP contribution in [0.5, 0.6) is 0 Å². The second kappa shape index (κ2) is 10.9. The zero-order chi connectivity index (χ0) is 22.9. The summed E-state index contributed by atoms with van der Waals surface area (Å²) in [5.41, 5.74) is 7.54. The van der Waals surface area contributed by atoms with E-state index in [-0.39, 0.29) is 5.91 Å². The van der Waals surface area contributed by atoms with Gasteiger partial charge in [-0.05, 0) is 62.2 Å². The number of carbonyl (C=O) groups excluding carboxylic acids is 1. The highest BCUT2D eigenvalue weighted by Crippen LogP contribution is 2.27. The molecule has 2 aromatic carbocycles. The minimum Gasteiger partial charge on any atom is -0.352 e. The molecular formula is C29H27N3O. The number of anilines is 1. The van der Waals surface area contributed by atoms with Gasteiger partial charge < -0.3 is 15.1 Å². The van der Waals surface area contributed by atoms with Gasteiger partial charge in [-0.25, -0.2) is 0 Å². The van der Waals surface area contributed by atoms with Gasteiger partial charge in [0.2, 0.25) is 0 Å². The van der Waals surface area contributed by atoms with Crippen molar-refractivity contribution < 1.29 is 4.79 Å². The lowest BCUT2D eigenvalue weighted by atomic mass is 10.0. The smallest absolute Gasteiger partial charge is 0.251 e. The van der Waals surface area contributed by atoms with E-state index < -0.39 is 0 Å². The van der Waals surface area contributed by atoms with Gasteiger partial charge in [-0.15, -0.1) is 5.73 Å². The minimum absolute atomic E-state index is 0.0876. The highest BCUT2D eigenvalue weighted by Gasteiger charge is 2.15. The first-order valence-electron chi connectivity index (χ1n) is 11.2. The average Bonchev–Trinajstić information content (AvgIpc) is 2.87. The van der Waals surface area contributed by atoms with E-state index in [9.17, 15) is 4.79 Å². The van der Waals surface area contributed by atoms with Crippen LogP contribution in [-0.2, 0) is 0 Å². The predicted octanol–water partition coefficient (Wildman–Crippen LogP) is 5.33. The van der Waals surface area contributed by atoms with Crippen LogP contribution in [0.3, 0.4) is 0 Å². The maximum atomic E-state index is 12.8. The van der Waals surface area contributed by atoms with Gasteiger partial charge in [0.1, 0.15) is 0 Å². The molecule has 4 heteroatoms. The molecule has 2 aliphatic heterocycles. The average molecular weight is 434 g/mol. The molecule has 0 saturated heterocycles. The summed E-state index contributed by atoms with van der Waals surface area (Å²) in [7, 11) is 0. The maximum Gasteiger partial charge on any atom is 0.251 e. The lowest BCUT2D eigenvalue weighted by Crippen LogP contribution is -2.27. The van der Waals surface area contributed by atoms with Crippen LogP contribution in [0.1, 0.15) is 41.3 Å². The van der Waals surface area contributed by atoms with Gasteiger partial charge in [0.05, 0.1) is 5.69 Å². The van der Waals surface area contributed by atoms with Crippen LogP contribution < -0.4 is 10.2 Å². The van der Waals surface area contributed by atoms with Crippen LogP contribution >= 0.6 is 0 Å². The van der Waals surface area contributed by atoms with E-state index in [1.54, 1.807) is 0 Å². The zero-order valence-electron chi connectivity index (χ0n) is 18.8. The molecule has 0 fully saturated rings. The van der Waals surface area contributed by atoms with Crippen molar-refractivity contribution in [3.05, 3.63) is 120 Å². The van der Waals surface area contributed by atoms with E-state index in [1.807, 2.05) is 73.1 Å². The molecule has 0 spiro atoms. The molecule has 2 aliphatic rings. The van der Waals surface area contributed by atoms with Gasteiger partial charge in [0.15, 0.2) is 0 Å². The van der Waals surface area contributed by atoms with Crippen LogP contribution in [0.15, 0.2) is 103 Å². The first-order valence-corrected chi connectivity index (χ1v) is 11.2. The Bertz CT molecular complexity index is 1220. The van der Waals surface area contributed by atoms with Gasteiger partial charge >= 0.3 is 0 Å². The molecule has 0 saturated carbocycles. The molecule has 4 rings (SSSR count). The third-order valence-corrected chi connectivity index (χ3v) is 5.41. The Labute approximate surface area is 195 Å². The van der Waals surface area contributed by atoms with Crippen LogP contribution in [0, 0.1) is 11.8 Å². The molecule has 0 bridgehead atoms. The predicted molar refractivity (Wildman–Crippen MR) is 134 cm³/mol. The second-order valence-corrected chi connectivity index (χ2v) is 7.84. The fourth-order valence-corrected chi connectivity index (χ4v) is 3.64. The van der Waals surface area contributed by atoms with Crippen LogP contribution in [0.2, 0.25) is 0 Å². The number of rotatable bonds is 6. The van der Waals surface area contributed by atoms with Crippen molar-refractivity contribution in [1.29, 1.82) is 0 Å². The van der Waals surface area contributed by atoms with Crippen LogP contribution in [0.4, 0.5) is 5.69 Å². The van der Waals surface area contributed by atoms with Crippen molar-refractivity contribution in [3.63, 3.8) is 0 Å². The third-order valence-electron chi connectivity index (χ3n) is 5.41. The molecule has 0 atom stereocenters. The highest BCUT2D eigenvalue weighted by atomic mass is 16.1. The van der Waals surface area contributed by atoms with E-state index >= 15 is 0 Å². The molecule has 0 radical (unpaired) electrons. The topological polar surface area (TPSA) is 35.6 Å². The summed E-state index contributed by atoms with van der Waals surface area (Å²) >= 11 is 0. The second-order valence-electron chi connectivity index (χ2n) is 7.84. The molecule has 1 N–H and O–H groups in total. The van der Waals surface area contributed by atoms with E-state index in [0.717, 1.165) is 41.9 Å². The van der Waals surface area contributed by atoms with Crippen molar-refractivity contribution >= 4 is 11.6 Å². The van der Waals surface area contributed by atoms with Crippen molar-refractivity contribution in [2.24, 2.45) is 0 Å². The first kappa shape index (κ1) is 22.0. The summed E-state index contributed by atoms with van der Waals surface area (Å²) in [6.07, 6.45) is 15.9. The quantitative estimate of drug-likeness (QED) is 0.380. The lowest BCUT2D eigenvalue weighted by Gasteiger charge is -2.25. The zero-order valence-corrected chi connectivity index (χ0v) is 18.8. The normalized spacial score (nSPS) is 14.0. The number of benzene rings is 2. The lowest BCUT2D eigenvalue weighted by molar-refractivity contribution is 0.0952. The molecule has 2 heterocycles. The largest absolute Gasteiger partial charge is 0.352 e. The summed E-state index contributed by atoms with van der Waals surface area (Å²) < 4.78 is 0. The molecule has 33 heavy (non-hydrogen) atoms. The monoisotopic (exact) mass is 433 g/mol. The Balaban J connectivity index is 1.51. The van der Waals surface area contributed by atoms with Gasteiger partial charge in [-0.3, -0.25) is 4.79 Å². The Kier molecular flexibility index (Phi) is 7.28. The van der Waals surface area contributed by atoms with E-state index in [1.165, 1.54) is 0 Å². The molecule has 0 unspecified atom stereocenters. The summed E-state index contributed by atoms with van der Waals surface area (Å²) in [6, 6.07) is 15.6. The molecule has 0 aromatic heterocycles. The molecule has 164 valence electrons. The van der Waals surface area contributed by atoms with Gasteiger partial charge in [0.25, 0.3) is 5.91 Å². The van der Waals surface area contributed by atoms with Crippen molar-refractivity contribution in [3.8, 4) is 11.8 Å².